The zero-order valence-corrected chi connectivity index (χ0v) is 6.20. The molecule has 0 bridgehead atoms. The summed E-state index contributed by atoms with van der Waals surface area (Å²) in [5, 5.41) is 0. The van der Waals surface area contributed by atoms with Crippen molar-refractivity contribution in [3.8, 4) is 0 Å². The predicted molar refractivity (Wildman–Crippen MR) is 26.8 cm³/mol. The van der Waals surface area contributed by atoms with Crippen LogP contribution in [-0.2, 0) is 0 Å². The van der Waals surface area contributed by atoms with E-state index in [1.807, 2.05) is 0 Å². The van der Waals surface area contributed by atoms with Crippen molar-refractivity contribution in [3.05, 3.63) is 0 Å². The molecule has 7 heavy (non-hydrogen) atoms. The van der Waals surface area contributed by atoms with E-state index >= 15 is 0 Å². The molecular formula is H9AlMgO5. The van der Waals surface area contributed by atoms with E-state index in [4.69, 9.17) is 0 Å². The van der Waals surface area contributed by atoms with Crippen molar-refractivity contribution < 1.29 is 30.2 Å². The Morgan fingerprint density at radius 1 is 0.714 bits per heavy atom. The third-order valence-electron chi connectivity index (χ3n) is 0. The van der Waals surface area contributed by atoms with Crippen molar-refractivity contribution in [2.24, 2.45) is 0 Å². The first-order chi connectivity index (χ1) is 0. The Morgan fingerprint density at radius 2 is 0.714 bits per heavy atom. The molecule has 0 saturated carbocycles. The van der Waals surface area contributed by atoms with E-state index in [1.165, 1.54) is 0 Å². The maximum absolute atomic E-state index is 0. The first-order valence-electron chi connectivity index (χ1n) is 0. The quantitative estimate of drug-likeness (QED) is 0.336. The molecule has 0 amide bonds. The molecule has 0 radical (unpaired) electrons. The van der Waals surface area contributed by atoms with Crippen LogP contribution in [-0.4, -0.2) is 67.8 Å². The van der Waals surface area contributed by atoms with E-state index in [-0.39, 0.29) is 70.6 Å². The predicted octanol–water partition coefficient (Wildman–Crippen LogP) is -2.72. The summed E-state index contributed by atoms with van der Waals surface area (Å²) in [5.74, 6) is 0. The van der Waals surface area contributed by atoms with Crippen molar-refractivity contribution >= 4 is 40.4 Å². The molecule has 0 spiro atoms. The molecule has 7 N–H and O–H groups in total. The van der Waals surface area contributed by atoms with Gasteiger partial charge in [-0.15, -0.1) is 0 Å². The van der Waals surface area contributed by atoms with Crippen LogP contribution >= 0.6 is 0 Å². The van der Waals surface area contributed by atoms with Crippen molar-refractivity contribution in [1.29, 1.82) is 0 Å². The van der Waals surface area contributed by atoms with Crippen LogP contribution in [0, 0.1) is 0 Å². The topological polar surface area (TPSA) is 153 Å². The Morgan fingerprint density at radius 3 is 0.714 bits per heavy atom. The second-order valence-electron chi connectivity index (χ2n) is 0. The summed E-state index contributed by atoms with van der Waals surface area (Å²) in [6.07, 6.45) is 0. The van der Waals surface area contributed by atoms with E-state index in [0.29, 0.717) is 0 Å². The number of rotatable bonds is 0. The van der Waals surface area contributed by atoms with E-state index in [2.05, 4.69) is 0 Å². The van der Waals surface area contributed by atoms with Gasteiger partial charge < -0.3 is 30.2 Å². The van der Waals surface area contributed by atoms with Gasteiger partial charge in [0.1, 0.15) is 0 Å². The first kappa shape index (κ1) is 338. The van der Waals surface area contributed by atoms with Crippen LogP contribution in [0.4, 0.5) is 0 Å². The molecule has 0 heterocycles. The Balaban J connectivity index is 0. The molecule has 0 fully saturated rings. The minimum atomic E-state index is 0. The SMILES string of the molecule is O.O.[Al+3].[H-].[H-].[Mg+2].[OH-].[OH-].[OH-]. The second kappa shape index (κ2) is 219. The molecule has 0 atom stereocenters. The fourth-order valence-electron chi connectivity index (χ4n) is 0. The van der Waals surface area contributed by atoms with Crippen molar-refractivity contribution in [1.82, 2.24) is 0 Å². The molecule has 0 saturated heterocycles. The molecular weight excluding hydrogens is 131 g/mol. The van der Waals surface area contributed by atoms with Gasteiger partial charge >= 0.3 is 40.4 Å². The van der Waals surface area contributed by atoms with Crippen LogP contribution in [0.15, 0.2) is 0 Å². The van der Waals surface area contributed by atoms with Gasteiger partial charge in [0.05, 0.1) is 0 Å². The molecule has 0 aliphatic rings. The molecule has 0 rings (SSSR count). The zero-order chi connectivity index (χ0) is 0. The van der Waals surface area contributed by atoms with Gasteiger partial charge in [0, 0.05) is 0 Å². The summed E-state index contributed by atoms with van der Waals surface area (Å²) in [6.45, 7) is 0. The van der Waals surface area contributed by atoms with Crippen molar-refractivity contribution in [3.63, 3.8) is 0 Å². The van der Waals surface area contributed by atoms with Gasteiger partial charge in [-0.05, 0) is 0 Å². The van der Waals surface area contributed by atoms with Crippen LogP contribution in [0.25, 0.3) is 0 Å². The van der Waals surface area contributed by atoms with Crippen molar-refractivity contribution in [2.45, 2.75) is 0 Å². The fourth-order valence-corrected chi connectivity index (χ4v) is 0. The van der Waals surface area contributed by atoms with E-state index < -0.39 is 0 Å². The first-order valence-corrected chi connectivity index (χ1v) is 0. The monoisotopic (exact) mass is 140 g/mol. The van der Waals surface area contributed by atoms with Crippen LogP contribution in [0.3, 0.4) is 0 Å². The van der Waals surface area contributed by atoms with Gasteiger partial charge in [-0.25, -0.2) is 0 Å². The Bertz CT molecular complexity index is 14.9. The summed E-state index contributed by atoms with van der Waals surface area (Å²) in [7, 11) is 0. The summed E-state index contributed by atoms with van der Waals surface area (Å²) >= 11 is 0. The summed E-state index contributed by atoms with van der Waals surface area (Å²) < 4.78 is 0. The van der Waals surface area contributed by atoms with Gasteiger partial charge in [-0.2, -0.15) is 0 Å². The third kappa shape index (κ3) is 153. The van der Waals surface area contributed by atoms with Gasteiger partial charge in [-0.1, -0.05) is 0 Å². The molecule has 44 valence electrons. The summed E-state index contributed by atoms with van der Waals surface area (Å²) in [6, 6.07) is 0. The molecule has 5 nitrogen and oxygen atoms in total. The van der Waals surface area contributed by atoms with E-state index in [1.54, 1.807) is 0 Å². The Hall–Kier alpha value is 1.10. The summed E-state index contributed by atoms with van der Waals surface area (Å²) in [5.41, 5.74) is 0. The average molecular weight is 140 g/mol. The van der Waals surface area contributed by atoms with E-state index in [9.17, 15) is 0 Å². The molecule has 0 aliphatic heterocycles. The zero-order valence-electron chi connectivity index (χ0n) is 5.63. The fraction of sp³-hybridized carbons (Fsp3) is 0. The average Bonchev–Trinajstić information content (AvgIpc) is 0. The second-order valence-corrected chi connectivity index (χ2v) is 0. The molecule has 0 aromatic rings. The molecule has 0 unspecified atom stereocenters. The van der Waals surface area contributed by atoms with Gasteiger partial charge in [-0.3, -0.25) is 0 Å². The van der Waals surface area contributed by atoms with Gasteiger partial charge in [0.15, 0.2) is 0 Å². The minimum absolute atomic E-state index is 0. The molecule has 0 aromatic carbocycles. The van der Waals surface area contributed by atoms with Crippen molar-refractivity contribution in [2.75, 3.05) is 0 Å². The smallest absolute Gasteiger partial charge is 1.00 e. The maximum Gasteiger partial charge on any atom is 3.00 e. The van der Waals surface area contributed by atoms with Gasteiger partial charge in [0.25, 0.3) is 0 Å². The largest absolute Gasteiger partial charge is 3.00 e. The van der Waals surface area contributed by atoms with Crippen LogP contribution < -0.4 is 0 Å². The van der Waals surface area contributed by atoms with Crippen LogP contribution in [0.1, 0.15) is 2.85 Å². The van der Waals surface area contributed by atoms with Crippen LogP contribution in [0.5, 0.6) is 0 Å². The maximum atomic E-state index is 0. The van der Waals surface area contributed by atoms with Gasteiger partial charge in [0.2, 0.25) is 0 Å². The standard InChI is InChI=1S/Al.Mg.5H2O.2H/h;;5*1H2;;/q+3;+2;;;;;;2*-1/p-3. The molecule has 7 heteroatoms. The summed E-state index contributed by atoms with van der Waals surface area (Å²) in [4.78, 5) is 0. The third-order valence-corrected chi connectivity index (χ3v) is 0. The normalized spacial score (nSPS) is 0. The Labute approximate surface area is 70.9 Å². The molecule has 0 aromatic heterocycles. The van der Waals surface area contributed by atoms with Crippen LogP contribution in [0.2, 0.25) is 0 Å². The minimum Gasteiger partial charge on any atom is -1.00 e. The number of hydrogen-bond donors (Lipinski definition) is 0. The molecule has 0 aliphatic carbocycles. The number of hydrogen-bond acceptors (Lipinski definition) is 3. The Kier molecular flexibility index (Phi) is 10600. The van der Waals surface area contributed by atoms with E-state index in [0.717, 1.165) is 0 Å².